The molecule has 0 bridgehead atoms. The number of benzene rings is 2. The molecule has 1 amide bonds. The van der Waals surface area contributed by atoms with Crippen molar-refractivity contribution in [2.45, 2.75) is 19.3 Å². The second kappa shape index (κ2) is 10.1. The molecule has 5 heteroatoms. The summed E-state index contributed by atoms with van der Waals surface area (Å²) in [6, 6.07) is 17.4. The number of carbonyl (C=O) groups excluding carboxylic acids is 2. The molecule has 0 aromatic heterocycles. The molecule has 0 saturated carbocycles. The summed E-state index contributed by atoms with van der Waals surface area (Å²) >= 11 is 0. The van der Waals surface area contributed by atoms with Gasteiger partial charge < -0.3 is 14.8 Å². The first-order chi connectivity index (χ1) is 12.2. The highest BCUT2D eigenvalue weighted by Gasteiger charge is 2.07. The van der Waals surface area contributed by atoms with E-state index < -0.39 is 0 Å². The lowest BCUT2D eigenvalue weighted by Gasteiger charge is -2.07. The molecule has 0 heterocycles. The van der Waals surface area contributed by atoms with Crippen LogP contribution in [0.5, 0.6) is 5.75 Å². The minimum Gasteiger partial charge on any atom is -0.497 e. The molecule has 2 aromatic rings. The van der Waals surface area contributed by atoms with Crippen molar-refractivity contribution in [3.63, 3.8) is 0 Å². The van der Waals surface area contributed by atoms with Gasteiger partial charge in [-0.15, -0.1) is 0 Å². The van der Waals surface area contributed by atoms with Gasteiger partial charge in [0.25, 0.3) is 5.91 Å². The van der Waals surface area contributed by atoms with Crippen LogP contribution >= 0.6 is 0 Å². The number of aryl methyl sites for hydroxylation is 1. The fourth-order valence-electron chi connectivity index (χ4n) is 2.30. The highest BCUT2D eigenvalue weighted by atomic mass is 16.5. The summed E-state index contributed by atoms with van der Waals surface area (Å²) in [7, 11) is 1.62. The predicted octanol–water partition coefficient (Wildman–Crippen LogP) is 2.53. The van der Waals surface area contributed by atoms with Gasteiger partial charge in [0, 0.05) is 13.0 Å². The third kappa shape index (κ3) is 7.08. The Balaban J connectivity index is 1.59. The topological polar surface area (TPSA) is 64.6 Å². The van der Waals surface area contributed by atoms with Gasteiger partial charge in [0.1, 0.15) is 5.75 Å². The Morgan fingerprint density at radius 1 is 0.920 bits per heavy atom. The number of amides is 1. The smallest absolute Gasteiger partial charge is 0.306 e. The molecule has 0 aliphatic carbocycles. The van der Waals surface area contributed by atoms with Gasteiger partial charge in [-0.1, -0.05) is 42.5 Å². The van der Waals surface area contributed by atoms with Gasteiger partial charge in [-0.2, -0.15) is 0 Å². The van der Waals surface area contributed by atoms with Crippen LogP contribution in [0.3, 0.4) is 0 Å². The van der Waals surface area contributed by atoms with Gasteiger partial charge >= 0.3 is 5.97 Å². The van der Waals surface area contributed by atoms with Crippen molar-refractivity contribution in [1.82, 2.24) is 5.32 Å². The zero-order chi connectivity index (χ0) is 17.9. The van der Waals surface area contributed by atoms with E-state index in [1.165, 1.54) is 0 Å². The number of nitrogens with one attached hydrogen (secondary N) is 1. The van der Waals surface area contributed by atoms with E-state index in [-0.39, 0.29) is 24.9 Å². The average molecular weight is 341 g/mol. The quantitative estimate of drug-likeness (QED) is 0.712. The lowest BCUT2D eigenvalue weighted by molar-refractivity contribution is -0.148. The molecule has 0 unspecified atom stereocenters. The number of esters is 1. The molecule has 132 valence electrons. The summed E-state index contributed by atoms with van der Waals surface area (Å²) in [6.45, 7) is 0.253. The van der Waals surface area contributed by atoms with E-state index in [1.807, 2.05) is 54.6 Å². The van der Waals surface area contributed by atoms with E-state index in [9.17, 15) is 9.59 Å². The Labute approximate surface area is 148 Å². The van der Waals surface area contributed by atoms with Crippen molar-refractivity contribution in [3.8, 4) is 5.75 Å². The maximum Gasteiger partial charge on any atom is 0.306 e. The molecule has 0 aliphatic heterocycles. The van der Waals surface area contributed by atoms with Crippen LogP contribution in [0.15, 0.2) is 54.6 Å². The highest BCUT2D eigenvalue weighted by Crippen LogP contribution is 2.11. The molecule has 0 aliphatic rings. The van der Waals surface area contributed by atoms with Crippen molar-refractivity contribution in [3.05, 3.63) is 65.7 Å². The molecule has 0 saturated heterocycles. The van der Waals surface area contributed by atoms with Crippen molar-refractivity contribution >= 4 is 11.9 Å². The fourth-order valence-corrected chi connectivity index (χ4v) is 2.30. The molecular formula is C20H23NO4. The Morgan fingerprint density at radius 2 is 1.60 bits per heavy atom. The Bertz CT molecular complexity index is 668. The van der Waals surface area contributed by atoms with E-state index in [0.717, 1.165) is 16.9 Å². The van der Waals surface area contributed by atoms with Crippen LogP contribution in [0.2, 0.25) is 0 Å². The van der Waals surface area contributed by atoms with Crippen LogP contribution in [0.25, 0.3) is 0 Å². The number of hydrogen-bond donors (Lipinski definition) is 1. The Kier molecular flexibility index (Phi) is 7.50. The summed E-state index contributed by atoms with van der Waals surface area (Å²) in [5, 5.41) is 2.74. The molecular weight excluding hydrogens is 318 g/mol. The minimum atomic E-state index is -0.367. The molecule has 1 N–H and O–H groups in total. The molecule has 0 fully saturated rings. The summed E-state index contributed by atoms with van der Waals surface area (Å²) in [6.07, 6.45) is 1.58. The van der Waals surface area contributed by atoms with Crippen molar-refractivity contribution in [2.24, 2.45) is 0 Å². The minimum absolute atomic E-state index is 0.240. The van der Waals surface area contributed by atoms with Gasteiger partial charge in [0.15, 0.2) is 6.61 Å². The van der Waals surface area contributed by atoms with E-state index in [4.69, 9.17) is 9.47 Å². The number of hydrogen-bond acceptors (Lipinski definition) is 4. The zero-order valence-electron chi connectivity index (χ0n) is 14.4. The van der Waals surface area contributed by atoms with Crippen LogP contribution in [0.1, 0.15) is 17.5 Å². The SMILES string of the molecule is COc1ccc(CCNC(=O)COC(=O)CCc2ccccc2)cc1. The number of rotatable bonds is 9. The maximum atomic E-state index is 11.7. The van der Waals surface area contributed by atoms with Crippen molar-refractivity contribution < 1.29 is 19.1 Å². The third-order valence-corrected chi connectivity index (χ3v) is 3.72. The van der Waals surface area contributed by atoms with E-state index in [2.05, 4.69) is 5.32 Å². The van der Waals surface area contributed by atoms with Crippen LogP contribution in [-0.4, -0.2) is 32.1 Å². The van der Waals surface area contributed by atoms with Crippen LogP contribution in [0, 0.1) is 0 Å². The zero-order valence-corrected chi connectivity index (χ0v) is 14.4. The van der Waals surface area contributed by atoms with E-state index in [0.29, 0.717) is 19.4 Å². The van der Waals surface area contributed by atoms with Crippen LogP contribution in [0.4, 0.5) is 0 Å². The second-order valence-corrected chi connectivity index (χ2v) is 5.59. The highest BCUT2D eigenvalue weighted by molar-refractivity contribution is 5.80. The monoisotopic (exact) mass is 341 g/mol. The summed E-state index contributed by atoms with van der Waals surface area (Å²) < 4.78 is 10.1. The van der Waals surface area contributed by atoms with Gasteiger partial charge in [-0.05, 0) is 36.1 Å². The van der Waals surface area contributed by atoms with Crippen molar-refractivity contribution in [1.29, 1.82) is 0 Å². The average Bonchev–Trinajstić information content (AvgIpc) is 2.66. The predicted molar refractivity (Wildman–Crippen MR) is 95.4 cm³/mol. The van der Waals surface area contributed by atoms with Gasteiger partial charge in [0.05, 0.1) is 7.11 Å². The number of carbonyl (C=O) groups is 2. The largest absolute Gasteiger partial charge is 0.497 e. The van der Waals surface area contributed by atoms with Crippen LogP contribution < -0.4 is 10.1 Å². The molecule has 2 aromatic carbocycles. The van der Waals surface area contributed by atoms with E-state index in [1.54, 1.807) is 7.11 Å². The summed E-state index contributed by atoms with van der Waals surface area (Å²) in [5.74, 6) is 0.144. The van der Waals surface area contributed by atoms with Gasteiger partial charge in [-0.25, -0.2) is 0 Å². The summed E-state index contributed by atoms with van der Waals surface area (Å²) in [4.78, 5) is 23.4. The summed E-state index contributed by atoms with van der Waals surface area (Å²) in [5.41, 5.74) is 2.17. The maximum absolute atomic E-state index is 11.7. The molecule has 2 rings (SSSR count). The molecule has 5 nitrogen and oxygen atoms in total. The van der Waals surface area contributed by atoms with Crippen LogP contribution in [-0.2, 0) is 27.2 Å². The lowest BCUT2D eigenvalue weighted by Crippen LogP contribution is -2.30. The lowest BCUT2D eigenvalue weighted by atomic mass is 10.1. The number of methoxy groups -OCH3 is 1. The fraction of sp³-hybridized carbons (Fsp3) is 0.300. The Morgan fingerprint density at radius 3 is 2.28 bits per heavy atom. The van der Waals surface area contributed by atoms with Gasteiger partial charge in [-0.3, -0.25) is 9.59 Å². The first kappa shape index (κ1) is 18.5. The number of ether oxygens (including phenoxy) is 2. The first-order valence-electron chi connectivity index (χ1n) is 8.26. The Hall–Kier alpha value is -2.82. The molecule has 0 atom stereocenters. The van der Waals surface area contributed by atoms with Crippen molar-refractivity contribution in [2.75, 3.05) is 20.3 Å². The molecule has 25 heavy (non-hydrogen) atoms. The third-order valence-electron chi connectivity index (χ3n) is 3.72. The van der Waals surface area contributed by atoms with Gasteiger partial charge in [0.2, 0.25) is 0 Å². The normalized spacial score (nSPS) is 10.1. The second-order valence-electron chi connectivity index (χ2n) is 5.59. The molecule has 0 spiro atoms. The first-order valence-corrected chi connectivity index (χ1v) is 8.26. The molecule has 0 radical (unpaired) electrons. The van der Waals surface area contributed by atoms with E-state index >= 15 is 0 Å². The standard InChI is InChI=1S/C20H23NO4/c1-24-18-10-7-17(8-11-18)13-14-21-19(22)15-25-20(23)12-9-16-5-3-2-4-6-16/h2-8,10-11H,9,12-15H2,1H3,(H,21,22).